The molecule has 5 heteroatoms. The Hall–Kier alpha value is -1.20. The molecule has 1 aliphatic rings. The summed E-state index contributed by atoms with van der Waals surface area (Å²) in [5.41, 5.74) is -1.45. The molecule has 0 heterocycles. The first-order valence-corrected chi connectivity index (χ1v) is 5.73. The largest absolute Gasteiger partial charge is 0.466 e. The summed E-state index contributed by atoms with van der Waals surface area (Å²) in [6.45, 7) is 4.10. The van der Waals surface area contributed by atoms with Crippen molar-refractivity contribution < 1.29 is 24.2 Å². The molecule has 1 rings (SSSR count). The van der Waals surface area contributed by atoms with E-state index in [4.69, 9.17) is 9.47 Å². The lowest BCUT2D eigenvalue weighted by molar-refractivity contribution is -0.155. The van der Waals surface area contributed by atoms with Gasteiger partial charge in [0.1, 0.15) is 5.60 Å². The van der Waals surface area contributed by atoms with Crippen LogP contribution in [0.25, 0.3) is 0 Å². The highest BCUT2D eigenvalue weighted by atomic mass is 16.5. The standard InChI is InChI=1S/C12H18O5/c1-3-16-10-7-9(13)5-6-12(10,15)8-11(14)17-4-2/h5-6,10,15H,3-4,7-8H2,1-2H3/t10-,12-/m0/s1. The third-order valence-electron chi connectivity index (χ3n) is 2.60. The zero-order chi connectivity index (χ0) is 12.9. The van der Waals surface area contributed by atoms with Gasteiger partial charge >= 0.3 is 5.97 Å². The summed E-state index contributed by atoms with van der Waals surface area (Å²) in [5, 5.41) is 10.3. The molecule has 0 spiro atoms. The minimum Gasteiger partial charge on any atom is -0.466 e. The van der Waals surface area contributed by atoms with E-state index in [9.17, 15) is 14.7 Å². The molecule has 0 fully saturated rings. The molecule has 17 heavy (non-hydrogen) atoms. The van der Waals surface area contributed by atoms with Gasteiger partial charge in [0.2, 0.25) is 0 Å². The second-order valence-electron chi connectivity index (χ2n) is 3.92. The fraction of sp³-hybridized carbons (Fsp3) is 0.667. The highest BCUT2D eigenvalue weighted by Gasteiger charge is 2.41. The van der Waals surface area contributed by atoms with Crippen LogP contribution in [0, 0.1) is 0 Å². The second kappa shape index (κ2) is 5.93. The molecular formula is C12H18O5. The summed E-state index contributed by atoms with van der Waals surface area (Å²) < 4.78 is 10.1. The molecule has 0 aromatic rings. The number of ketones is 1. The summed E-state index contributed by atoms with van der Waals surface area (Å²) in [4.78, 5) is 22.6. The van der Waals surface area contributed by atoms with Crippen molar-refractivity contribution in [2.75, 3.05) is 13.2 Å². The van der Waals surface area contributed by atoms with Crippen LogP contribution in [0.5, 0.6) is 0 Å². The molecule has 96 valence electrons. The Morgan fingerprint density at radius 1 is 1.53 bits per heavy atom. The van der Waals surface area contributed by atoms with Gasteiger partial charge in [0, 0.05) is 13.0 Å². The Morgan fingerprint density at radius 3 is 2.82 bits per heavy atom. The predicted octanol–water partition coefficient (Wildman–Crippen LogP) is 0.605. The SMILES string of the molecule is CCOC(=O)C[C@@]1(O)C=CC(=O)C[C@@H]1OCC. The zero-order valence-electron chi connectivity index (χ0n) is 10.1. The zero-order valence-corrected chi connectivity index (χ0v) is 10.1. The Kier molecular flexibility index (Phi) is 4.84. The van der Waals surface area contributed by atoms with Crippen molar-refractivity contribution in [3.8, 4) is 0 Å². The number of esters is 1. The van der Waals surface area contributed by atoms with Crippen molar-refractivity contribution in [3.05, 3.63) is 12.2 Å². The number of carbonyl (C=O) groups is 2. The van der Waals surface area contributed by atoms with Crippen LogP contribution in [0.1, 0.15) is 26.7 Å². The third-order valence-corrected chi connectivity index (χ3v) is 2.60. The Morgan fingerprint density at radius 2 is 2.24 bits per heavy atom. The van der Waals surface area contributed by atoms with E-state index in [1.165, 1.54) is 12.2 Å². The van der Waals surface area contributed by atoms with E-state index >= 15 is 0 Å². The van der Waals surface area contributed by atoms with Gasteiger partial charge in [-0.3, -0.25) is 9.59 Å². The molecule has 0 unspecified atom stereocenters. The van der Waals surface area contributed by atoms with Gasteiger partial charge in [-0.15, -0.1) is 0 Å². The maximum absolute atomic E-state index is 11.4. The molecule has 0 aromatic carbocycles. The molecular weight excluding hydrogens is 224 g/mol. The topological polar surface area (TPSA) is 72.8 Å². The van der Waals surface area contributed by atoms with Gasteiger partial charge in [-0.25, -0.2) is 0 Å². The van der Waals surface area contributed by atoms with Crippen molar-refractivity contribution in [1.29, 1.82) is 0 Å². The lowest BCUT2D eigenvalue weighted by atomic mass is 9.84. The maximum atomic E-state index is 11.4. The van der Waals surface area contributed by atoms with Crippen molar-refractivity contribution >= 4 is 11.8 Å². The number of ether oxygens (including phenoxy) is 2. The number of hydrogen-bond acceptors (Lipinski definition) is 5. The van der Waals surface area contributed by atoms with Crippen LogP contribution < -0.4 is 0 Å². The first-order valence-electron chi connectivity index (χ1n) is 5.73. The molecule has 0 aromatic heterocycles. The van der Waals surface area contributed by atoms with E-state index in [2.05, 4.69) is 0 Å². The smallest absolute Gasteiger partial charge is 0.309 e. The van der Waals surface area contributed by atoms with E-state index in [-0.39, 0.29) is 25.2 Å². The quantitative estimate of drug-likeness (QED) is 0.715. The number of carbonyl (C=O) groups excluding carboxylic acids is 2. The van der Waals surface area contributed by atoms with Gasteiger partial charge in [0.25, 0.3) is 0 Å². The summed E-state index contributed by atoms with van der Waals surface area (Å²) in [6, 6.07) is 0. The fourth-order valence-corrected chi connectivity index (χ4v) is 1.79. The lowest BCUT2D eigenvalue weighted by Gasteiger charge is -2.34. The normalized spacial score (nSPS) is 28.2. The minimum absolute atomic E-state index is 0.0836. The summed E-state index contributed by atoms with van der Waals surface area (Å²) in [5.74, 6) is -0.615. The van der Waals surface area contributed by atoms with Crippen LogP contribution in [0.2, 0.25) is 0 Å². The molecule has 0 bridgehead atoms. The van der Waals surface area contributed by atoms with Crippen molar-refractivity contribution in [2.24, 2.45) is 0 Å². The number of allylic oxidation sites excluding steroid dienone is 1. The molecule has 2 atom stereocenters. The van der Waals surface area contributed by atoms with Crippen LogP contribution in [0.3, 0.4) is 0 Å². The molecule has 1 aliphatic carbocycles. The molecule has 0 amide bonds. The molecule has 5 nitrogen and oxygen atoms in total. The monoisotopic (exact) mass is 242 g/mol. The highest BCUT2D eigenvalue weighted by molar-refractivity contribution is 5.91. The fourth-order valence-electron chi connectivity index (χ4n) is 1.79. The minimum atomic E-state index is -1.45. The first-order chi connectivity index (χ1) is 8.01. The van der Waals surface area contributed by atoms with Crippen molar-refractivity contribution in [3.63, 3.8) is 0 Å². The van der Waals surface area contributed by atoms with Crippen LogP contribution in [-0.4, -0.2) is 41.8 Å². The predicted molar refractivity (Wildman–Crippen MR) is 60.4 cm³/mol. The van der Waals surface area contributed by atoms with E-state index in [1.807, 2.05) is 0 Å². The van der Waals surface area contributed by atoms with Crippen molar-refractivity contribution in [1.82, 2.24) is 0 Å². The van der Waals surface area contributed by atoms with E-state index < -0.39 is 17.7 Å². The van der Waals surface area contributed by atoms with E-state index in [0.29, 0.717) is 6.61 Å². The van der Waals surface area contributed by atoms with E-state index in [0.717, 1.165) is 0 Å². The summed E-state index contributed by atoms with van der Waals surface area (Å²) in [7, 11) is 0. The number of rotatable bonds is 5. The van der Waals surface area contributed by atoms with Gasteiger partial charge < -0.3 is 14.6 Å². The maximum Gasteiger partial charge on any atom is 0.309 e. The second-order valence-corrected chi connectivity index (χ2v) is 3.92. The molecule has 0 aliphatic heterocycles. The highest BCUT2D eigenvalue weighted by Crippen LogP contribution is 2.27. The Labute approximate surface area is 100 Å². The Balaban J connectivity index is 2.77. The molecule has 0 radical (unpaired) electrons. The summed E-state index contributed by atoms with van der Waals surface area (Å²) >= 11 is 0. The first kappa shape index (κ1) is 13.9. The average molecular weight is 242 g/mol. The van der Waals surface area contributed by atoms with E-state index in [1.54, 1.807) is 13.8 Å². The number of aliphatic hydroxyl groups is 1. The molecule has 0 saturated heterocycles. The van der Waals surface area contributed by atoms with Crippen LogP contribution in [-0.2, 0) is 19.1 Å². The number of hydrogen-bond donors (Lipinski definition) is 1. The summed E-state index contributed by atoms with van der Waals surface area (Å²) in [6.07, 6.45) is 1.81. The van der Waals surface area contributed by atoms with Gasteiger partial charge in [-0.05, 0) is 26.0 Å². The van der Waals surface area contributed by atoms with Crippen LogP contribution in [0.15, 0.2) is 12.2 Å². The van der Waals surface area contributed by atoms with Crippen LogP contribution >= 0.6 is 0 Å². The van der Waals surface area contributed by atoms with Gasteiger partial charge in [0.15, 0.2) is 5.78 Å². The third kappa shape index (κ3) is 3.64. The average Bonchev–Trinajstić information content (AvgIpc) is 2.25. The van der Waals surface area contributed by atoms with Gasteiger partial charge in [-0.2, -0.15) is 0 Å². The molecule has 0 saturated carbocycles. The van der Waals surface area contributed by atoms with Crippen molar-refractivity contribution in [2.45, 2.75) is 38.4 Å². The lowest BCUT2D eigenvalue weighted by Crippen LogP contribution is -2.47. The van der Waals surface area contributed by atoms with Gasteiger partial charge in [-0.1, -0.05) is 0 Å². The van der Waals surface area contributed by atoms with Gasteiger partial charge in [0.05, 0.1) is 19.1 Å². The molecule has 1 N–H and O–H groups in total. The van der Waals surface area contributed by atoms with Crippen LogP contribution in [0.4, 0.5) is 0 Å². The Bertz CT molecular complexity index is 323.